The van der Waals surface area contributed by atoms with Crippen LogP contribution in [0.4, 0.5) is 4.39 Å². The van der Waals surface area contributed by atoms with Crippen molar-refractivity contribution in [1.29, 1.82) is 0 Å². The highest BCUT2D eigenvalue weighted by Gasteiger charge is 2.35. The number of carboxylic acids is 1. The second-order valence-electron chi connectivity index (χ2n) is 5.71. The van der Waals surface area contributed by atoms with Gasteiger partial charge < -0.3 is 15.3 Å². The van der Waals surface area contributed by atoms with Crippen LogP contribution in [0.5, 0.6) is 11.5 Å². The number of rotatable bonds is 4. The average Bonchev–Trinajstić information content (AvgIpc) is 2.56. The van der Waals surface area contributed by atoms with E-state index in [9.17, 15) is 29.0 Å². The van der Waals surface area contributed by atoms with Crippen LogP contribution in [-0.2, 0) is 6.42 Å². The molecule has 0 atom stereocenters. The Hall–Kier alpha value is -3.22. The predicted octanol–water partition coefficient (Wildman–Crippen LogP) is 2.47. The van der Waals surface area contributed by atoms with E-state index in [1.165, 1.54) is 12.1 Å². The van der Waals surface area contributed by atoms with Crippen molar-refractivity contribution in [3.05, 3.63) is 57.6 Å². The van der Waals surface area contributed by atoms with E-state index in [1.807, 2.05) is 0 Å². The number of carboxylic acid groups (broad SMARTS) is 1. The number of aryl methyl sites for hydroxylation is 1. The van der Waals surface area contributed by atoms with Crippen molar-refractivity contribution < 1.29 is 34.1 Å². The van der Waals surface area contributed by atoms with Gasteiger partial charge in [-0.1, -0.05) is 0 Å². The Morgan fingerprint density at radius 1 is 0.920 bits per heavy atom. The smallest absolute Gasteiger partial charge is 0.335 e. The Bertz CT molecular complexity index is 932. The molecule has 3 rings (SSSR count). The van der Waals surface area contributed by atoms with Crippen molar-refractivity contribution in [2.45, 2.75) is 12.8 Å². The highest BCUT2D eigenvalue weighted by atomic mass is 19.1. The van der Waals surface area contributed by atoms with Crippen LogP contribution in [0, 0.1) is 0 Å². The molecule has 0 aromatic heterocycles. The van der Waals surface area contributed by atoms with Gasteiger partial charge in [-0.05, 0) is 42.7 Å². The van der Waals surface area contributed by atoms with Crippen molar-refractivity contribution in [2.24, 2.45) is 0 Å². The van der Waals surface area contributed by atoms with E-state index >= 15 is 0 Å². The number of alkyl halides is 1. The molecule has 2 aromatic rings. The van der Waals surface area contributed by atoms with Gasteiger partial charge in [0.2, 0.25) is 5.78 Å². The lowest BCUT2D eigenvalue weighted by Crippen LogP contribution is -2.22. The lowest BCUT2D eigenvalue weighted by atomic mass is 9.81. The molecule has 1 aliphatic rings. The molecular formula is C18H13FO6. The summed E-state index contributed by atoms with van der Waals surface area (Å²) in [6.45, 7) is -0.566. The van der Waals surface area contributed by atoms with Crippen molar-refractivity contribution in [2.75, 3.05) is 6.67 Å². The first-order valence-corrected chi connectivity index (χ1v) is 7.46. The summed E-state index contributed by atoms with van der Waals surface area (Å²) in [5, 5.41) is 29.2. The van der Waals surface area contributed by atoms with Gasteiger partial charge in [0.1, 0.15) is 11.5 Å². The summed E-state index contributed by atoms with van der Waals surface area (Å²) in [6, 6.07) is 4.57. The molecule has 0 saturated carbocycles. The summed E-state index contributed by atoms with van der Waals surface area (Å²) in [5.41, 5.74) is -0.768. The Morgan fingerprint density at radius 2 is 1.52 bits per heavy atom. The topological polar surface area (TPSA) is 112 Å². The zero-order chi connectivity index (χ0) is 18.3. The van der Waals surface area contributed by atoms with Gasteiger partial charge in [-0.25, -0.2) is 4.79 Å². The van der Waals surface area contributed by atoms with E-state index in [2.05, 4.69) is 0 Å². The van der Waals surface area contributed by atoms with Gasteiger partial charge in [-0.3, -0.25) is 14.0 Å². The van der Waals surface area contributed by atoms with Gasteiger partial charge in [0.05, 0.1) is 23.4 Å². The molecular weight excluding hydrogens is 331 g/mol. The third-order valence-electron chi connectivity index (χ3n) is 4.08. The first kappa shape index (κ1) is 16.6. The molecule has 0 spiro atoms. The molecule has 0 heterocycles. The molecule has 0 radical (unpaired) electrons. The van der Waals surface area contributed by atoms with Gasteiger partial charge in [-0.2, -0.15) is 0 Å². The van der Waals surface area contributed by atoms with Crippen molar-refractivity contribution in [3.63, 3.8) is 0 Å². The van der Waals surface area contributed by atoms with Crippen molar-refractivity contribution in [3.8, 4) is 11.5 Å². The van der Waals surface area contributed by atoms with Crippen LogP contribution in [0.25, 0.3) is 0 Å². The molecule has 7 heteroatoms. The fourth-order valence-electron chi connectivity index (χ4n) is 2.96. The fourth-order valence-corrected chi connectivity index (χ4v) is 2.96. The molecule has 0 fully saturated rings. The maximum Gasteiger partial charge on any atom is 0.335 e. The summed E-state index contributed by atoms with van der Waals surface area (Å²) in [5.74, 6) is -3.88. The summed E-state index contributed by atoms with van der Waals surface area (Å²) in [4.78, 5) is 36.5. The molecule has 6 nitrogen and oxygen atoms in total. The van der Waals surface area contributed by atoms with E-state index in [-0.39, 0.29) is 40.7 Å². The Kier molecular flexibility index (Phi) is 4.00. The van der Waals surface area contributed by atoms with E-state index in [4.69, 9.17) is 5.11 Å². The van der Waals surface area contributed by atoms with Crippen LogP contribution in [-0.4, -0.2) is 39.5 Å². The number of hydrogen-bond donors (Lipinski definition) is 3. The normalized spacial score (nSPS) is 12.7. The minimum atomic E-state index is -1.36. The lowest BCUT2D eigenvalue weighted by molar-refractivity contribution is 0.0695. The number of hydrogen-bond acceptors (Lipinski definition) is 5. The predicted molar refractivity (Wildman–Crippen MR) is 84.3 cm³/mol. The third kappa shape index (κ3) is 2.63. The van der Waals surface area contributed by atoms with Gasteiger partial charge in [0.15, 0.2) is 5.78 Å². The number of phenolic OH excluding ortho intramolecular Hbond substituents is 2. The van der Waals surface area contributed by atoms with Crippen LogP contribution in [0.15, 0.2) is 24.3 Å². The highest BCUT2D eigenvalue weighted by Crippen LogP contribution is 2.38. The van der Waals surface area contributed by atoms with Crippen molar-refractivity contribution in [1.82, 2.24) is 0 Å². The average molecular weight is 344 g/mol. The lowest BCUT2D eigenvalue weighted by Gasteiger charge is -2.20. The van der Waals surface area contributed by atoms with E-state index in [0.717, 1.165) is 12.1 Å². The molecule has 128 valence electrons. The van der Waals surface area contributed by atoms with E-state index in [1.54, 1.807) is 0 Å². The SMILES string of the molecule is O=C(O)c1cc(O)c2c(c1)C(=O)c1cc(CCCF)cc(O)c1C2=O. The molecule has 25 heavy (non-hydrogen) atoms. The molecule has 3 N–H and O–H groups in total. The standard InChI is InChI=1S/C18H13FO6/c19-3-1-2-8-4-10-14(12(20)5-8)17(23)15-11(16(10)22)6-9(18(24)25)7-13(15)21/h4-7,20-21H,1-3H2,(H,24,25). The molecule has 0 bridgehead atoms. The maximum atomic E-state index is 12.7. The summed E-state index contributed by atoms with van der Waals surface area (Å²) < 4.78 is 12.4. The minimum absolute atomic E-state index is 0.0895. The Labute approximate surface area is 141 Å². The number of benzene rings is 2. The van der Waals surface area contributed by atoms with Gasteiger partial charge in [0, 0.05) is 11.1 Å². The maximum absolute atomic E-state index is 12.7. The zero-order valence-corrected chi connectivity index (χ0v) is 12.9. The van der Waals surface area contributed by atoms with Crippen LogP contribution < -0.4 is 0 Å². The number of fused-ring (bicyclic) bond motifs is 2. The highest BCUT2D eigenvalue weighted by molar-refractivity contribution is 6.30. The Balaban J connectivity index is 2.21. The molecule has 2 aromatic carbocycles. The molecule has 0 amide bonds. The monoisotopic (exact) mass is 344 g/mol. The van der Waals surface area contributed by atoms with Crippen LogP contribution in [0.1, 0.15) is 54.2 Å². The molecule has 1 aliphatic carbocycles. The molecule has 0 saturated heterocycles. The number of carbonyl (C=O) groups excluding carboxylic acids is 2. The van der Waals surface area contributed by atoms with Gasteiger partial charge in [0.25, 0.3) is 0 Å². The minimum Gasteiger partial charge on any atom is -0.507 e. The summed E-state index contributed by atoms with van der Waals surface area (Å²) in [7, 11) is 0. The number of ketones is 2. The second-order valence-corrected chi connectivity index (χ2v) is 5.71. The molecule has 0 unspecified atom stereocenters. The third-order valence-corrected chi connectivity index (χ3v) is 4.08. The number of aromatic carboxylic acids is 1. The number of halogens is 1. The number of aromatic hydroxyl groups is 2. The van der Waals surface area contributed by atoms with Crippen molar-refractivity contribution >= 4 is 17.5 Å². The summed E-state index contributed by atoms with van der Waals surface area (Å²) in [6.07, 6.45) is 0.465. The Morgan fingerprint density at radius 3 is 2.12 bits per heavy atom. The van der Waals surface area contributed by atoms with Crippen LogP contribution >= 0.6 is 0 Å². The van der Waals surface area contributed by atoms with E-state index < -0.39 is 35.7 Å². The van der Waals surface area contributed by atoms with Crippen LogP contribution in [0.3, 0.4) is 0 Å². The summed E-state index contributed by atoms with van der Waals surface area (Å²) >= 11 is 0. The number of carbonyl (C=O) groups is 3. The van der Waals surface area contributed by atoms with E-state index in [0.29, 0.717) is 5.56 Å². The largest absolute Gasteiger partial charge is 0.507 e. The van der Waals surface area contributed by atoms with Crippen LogP contribution in [0.2, 0.25) is 0 Å². The first-order valence-electron chi connectivity index (χ1n) is 7.46. The zero-order valence-electron chi connectivity index (χ0n) is 12.9. The fraction of sp³-hybridized carbons (Fsp3) is 0.167. The first-order chi connectivity index (χ1) is 11.8. The van der Waals surface area contributed by atoms with Gasteiger partial charge >= 0.3 is 5.97 Å². The van der Waals surface area contributed by atoms with Gasteiger partial charge in [-0.15, -0.1) is 0 Å². The second kappa shape index (κ2) is 6.01. The molecule has 0 aliphatic heterocycles. The quantitative estimate of drug-likeness (QED) is 0.670. The number of phenols is 2.